The molecule has 1 aromatic carbocycles. The monoisotopic (exact) mass is 426 g/mol. The minimum Gasteiger partial charge on any atom is -0.339 e. The number of benzene rings is 1. The number of nitriles is 1. The maximum Gasteiger partial charge on any atom is 0.233 e. The number of nitrogens with zero attached hydrogens (tertiary/aromatic N) is 6. The number of aryl methyl sites for hydroxylation is 1. The molecule has 1 saturated heterocycles. The van der Waals surface area contributed by atoms with E-state index in [1.54, 1.807) is 0 Å². The van der Waals surface area contributed by atoms with Gasteiger partial charge in [-0.3, -0.25) is 9.69 Å². The van der Waals surface area contributed by atoms with Crippen LogP contribution in [0.5, 0.6) is 0 Å². The molecular formula is C22H30N6OS. The molecule has 1 amide bonds. The molecule has 7 nitrogen and oxygen atoms in total. The van der Waals surface area contributed by atoms with Gasteiger partial charge in [0, 0.05) is 38.3 Å². The van der Waals surface area contributed by atoms with E-state index in [0.717, 1.165) is 41.7 Å². The van der Waals surface area contributed by atoms with E-state index < -0.39 is 0 Å². The van der Waals surface area contributed by atoms with Crippen molar-refractivity contribution >= 4 is 17.7 Å². The smallest absolute Gasteiger partial charge is 0.233 e. The number of hydrogen-bond acceptors (Lipinski definition) is 6. The van der Waals surface area contributed by atoms with Crippen molar-refractivity contribution in [3.63, 3.8) is 0 Å². The van der Waals surface area contributed by atoms with Crippen molar-refractivity contribution in [3.8, 4) is 17.5 Å². The molecule has 3 rings (SSSR count). The van der Waals surface area contributed by atoms with Crippen molar-refractivity contribution in [2.75, 3.05) is 31.9 Å². The molecule has 2 aromatic rings. The Balaban J connectivity index is 1.60. The summed E-state index contributed by atoms with van der Waals surface area (Å²) >= 11 is 1.44. The molecule has 1 fully saturated rings. The van der Waals surface area contributed by atoms with E-state index in [1.807, 2.05) is 17.0 Å². The highest BCUT2D eigenvalue weighted by Crippen LogP contribution is 2.26. The topological polar surface area (TPSA) is 78.0 Å². The number of thioether (sulfide) groups is 1. The molecular weight excluding hydrogens is 396 g/mol. The van der Waals surface area contributed by atoms with Crippen molar-refractivity contribution in [2.24, 2.45) is 5.92 Å². The van der Waals surface area contributed by atoms with Crippen LogP contribution in [0.3, 0.4) is 0 Å². The SMILES string of the molecule is CCn1c(SCC(=O)N2CCN(C(C#N)C(C)C)CC2)nnc1-c1ccccc1C. The highest BCUT2D eigenvalue weighted by atomic mass is 32.2. The molecule has 0 aliphatic carbocycles. The lowest BCUT2D eigenvalue weighted by atomic mass is 10.0. The third-order valence-electron chi connectivity index (χ3n) is 5.57. The summed E-state index contributed by atoms with van der Waals surface area (Å²) in [6.45, 7) is 11.8. The first-order valence-corrected chi connectivity index (χ1v) is 11.5. The molecule has 0 bridgehead atoms. The number of carbonyl (C=O) groups excluding carboxylic acids is 1. The summed E-state index contributed by atoms with van der Waals surface area (Å²) in [5.41, 5.74) is 2.22. The first-order chi connectivity index (χ1) is 14.5. The summed E-state index contributed by atoms with van der Waals surface area (Å²) in [4.78, 5) is 16.8. The Bertz CT molecular complexity index is 911. The van der Waals surface area contributed by atoms with E-state index in [1.165, 1.54) is 11.8 Å². The van der Waals surface area contributed by atoms with E-state index >= 15 is 0 Å². The zero-order valence-electron chi connectivity index (χ0n) is 18.2. The van der Waals surface area contributed by atoms with E-state index in [0.29, 0.717) is 18.8 Å². The van der Waals surface area contributed by atoms with E-state index in [4.69, 9.17) is 0 Å². The Morgan fingerprint density at radius 3 is 2.50 bits per heavy atom. The molecule has 1 aliphatic rings. The van der Waals surface area contributed by atoms with Crippen LogP contribution in [-0.2, 0) is 11.3 Å². The van der Waals surface area contributed by atoms with Crippen molar-refractivity contribution < 1.29 is 4.79 Å². The minimum absolute atomic E-state index is 0.0837. The van der Waals surface area contributed by atoms with Crippen molar-refractivity contribution in [1.29, 1.82) is 5.26 Å². The molecule has 30 heavy (non-hydrogen) atoms. The molecule has 0 spiro atoms. The summed E-state index contributed by atoms with van der Waals surface area (Å²) in [5, 5.41) is 18.9. The van der Waals surface area contributed by atoms with Crippen molar-refractivity contribution in [2.45, 2.75) is 45.4 Å². The van der Waals surface area contributed by atoms with Gasteiger partial charge in [0.25, 0.3) is 0 Å². The number of carbonyl (C=O) groups is 1. The largest absolute Gasteiger partial charge is 0.339 e. The van der Waals surface area contributed by atoms with E-state index in [9.17, 15) is 10.1 Å². The molecule has 8 heteroatoms. The highest BCUT2D eigenvalue weighted by molar-refractivity contribution is 7.99. The van der Waals surface area contributed by atoms with Gasteiger partial charge in [-0.15, -0.1) is 10.2 Å². The third-order valence-corrected chi connectivity index (χ3v) is 6.52. The lowest BCUT2D eigenvalue weighted by Crippen LogP contribution is -2.53. The molecule has 1 unspecified atom stereocenters. The van der Waals surface area contributed by atoms with Gasteiger partial charge in [-0.1, -0.05) is 49.9 Å². The normalized spacial score (nSPS) is 15.9. The second-order valence-electron chi connectivity index (χ2n) is 7.89. The minimum atomic E-state index is -0.0837. The quantitative estimate of drug-likeness (QED) is 0.633. The molecule has 0 saturated carbocycles. The van der Waals surface area contributed by atoms with Gasteiger partial charge in [0.1, 0.15) is 6.04 Å². The van der Waals surface area contributed by atoms with E-state index in [-0.39, 0.29) is 17.9 Å². The summed E-state index contributed by atoms with van der Waals surface area (Å²) in [6, 6.07) is 10.4. The van der Waals surface area contributed by atoms with Crippen molar-refractivity contribution in [1.82, 2.24) is 24.6 Å². The lowest BCUT2D eigenvalue weighted by molar-refractivity contribution is -0.130. The second kappa shape index (κ2) is 10.1. The first-order valence-electron chi connectivity index (χ1n) is 10.5. The summed E-state index contributed by atoms with van der Waals surface area (Å²) < 4.78 is 2.07. The van der Waals surface area contributed by atoms with Gasteiger partial charge in [-0.2, -0.15) is 5.26 Å². The van der Waals surface area contributed by atoms with Crippen LogP contribution < -0.4 is 0 Å². The summed E-state index contributed by atoms with van der Waals surface area (Å²) in [6.07, 6.45) is 0. The first kappa shape index (κ1) is 22.3. The molecule has 160 valence electrons. The Morgan fingerprint density at radius 1 is 1.20 bits per heavy atom. The molecule has 1 aliphatic heterocycles. The van der Waals surface area contributed by atoms with Crippen LogP contribution in [0, 0.1) is 24.2 Å². The molecule has 2 heterocycles. The fraction of sp³-hybridized carbons (Fsp3) is 0.545. The number of hydrogen-bond donors (Lipinski definition) is 0. The maximum atomic E-state index is 12.7. The molecule has 1 aromatic heterocycles. The zero-order valence-corrected chi connectivity index (χ0v) is 19.0. The lowest BCUT2D eigenvalue weighted by Gasteiger charge is -2.38. The Morgan fingerprint density at radius 2 is 1.90 bits per heavy atom. The predicted octanol–water partition coefficient (Wildman–Crippen LogP) is 3.06. The predicted molar refractivity (Wildman–Crippen MR) is 119 cm³/mol. The fourth-order valence-corrected chi connectivity index (χ4v) is 4.73. The number of amides is 1. The van der Waals surface area contributed by atoms with Crippen LogP contribution in [0.1, 0.15) is 26.3 Å². The second-order valence-corrected chi connectivity index (χ2v) is 8.83. The van der Waals surface area contributed by atoms with Crippen LogP contribution in [0.25, 0.3) is 11.4 Å². The van der Waals surface area contributed by atoms with Gasteiger partial charge in [-0.25, -0.2) is 0 Å². The molecule has 1 atom stereocenters. The van der Waals surface area contributed by atoms with Gasteiger partial charge in [-0.05, 0) is 25.3 Å². The Hall–Kier alpha value is -2.37. The van der Waals surface area contributed by atoms with Crippen LogP contribution in [0.4, 0.5) is 0 Å². The van der Waals surface area contributed by atoms with Crippen LogP contribution >= 0.6 is 11.8 Å². The average molecular weight is 427 g/mol. The van der Waals surface area contributed by atoms with Crippen LogP contribution in [0.15, 0.2) is 29.4 Å². The van der Waals surface area contributed by atoms with Gasteiger partial charge in [0.2, 0.25) is 5.91 Å². The number of rotatable bonds is 7. The van der Waals surface area contributed by atoms with Crippen LogP contribution in [-0.4, -0.2) is 68.4 Å². The van der Waals surface area contributed by atoms with Gasteiger partial charge in [0.05, 0.1) is 11.8 Å². The van der Waals surface area contributed by atoms with Gasteiger partial charge >= 0.3 is 0 Å². The molecule has 0 N–H and O–H groups in total. The standard InChI is InChI=1S/C22H30N6OS/c1-5-28-21(18-9-7-6-8-17(18)4)24-25-22(28)30-15-20(29)27-12-10-26(11-13-27)19(14-23)16(2)3/h6-9,16,19H,5,10-13,15H2,1-4H3. The summed E-state index contributed by atoms with van der Waals surface area (Å²) in [7, 11) is 0. The summed E-state index contributed by atoms with van der Waals surface area (Å²) in [5.74, 6) is 1.59. The number of piperazine rings is 1. The Kier molecular flexibility index (Phi) is 7.51. The molecule has 0 radical (unpaired) electrons. The maximum absolute atomic E-state index is 12.7. The number of aromatic nitrogens is 3. The van der Waals surface area contributed by atoms with Crippen LogP contribution in [0.2, 0.25) is 0 Å². The third kappa shape index (κ3) is 4.85. The fourth-order valence-electron chi connectivity index (χ4n) is 3.82. The highest BCUT2D eigenvalue weighted by Gasteiger charge is 2.28. The van der Waals surface area contributed by atoms with E-state index in [2.05, 4.69) is 65.6 Å². The van der Waals surface area contributed by atoms with Gasteiger partial charge < -0.3 is 9.47 Å². The van der Waals surface area contributed by atoms with Gasteiger partial charge in [0.15, 0.2) is 11.0 Å². The average Bonchev–Trinajstić information content (AvgIpc) is 3.15. The Labute approximate surface area is 183 Å². The van der Waals surface area contributed by atoms with Crippen molar-refractivity contribution in [3.05, 3.63) is 29.8 Å². The zero-order chi connectivity index (χ0) is 21.7.